The molecule has 11 heavy (non-hydrogen) atoms. The maximum absolute atomic E-state index is 12.7. The molecule has 0 amide bonds. The zero-order valence-electron chi connectivity index (χ0n) is 6.47. The Morgan fingerprint density at radius 3 is 2.64 bits per heavy atom. The number of likely N-dealkylation sites (tertiary alicyclic amines) is 1. The molecule has 0 saturated carbocycles. The lowest BCUT2D eigenvalue weighted by molar-refractivity contribution is 0.274. The van der Waals surface area contributed by atoms with Gasteiger partial charge in [0.2, 0.25) is 0 Å². The largest absolute Gasteiger partial charge is 0.324 e. The van der Waals surface area contributed by atoms with Gasteiger partial charge in [-0.05, 0) is 6.42 Å². The fraction of sp³-hybridized carbons (Fsp3) is 1.00. The maximum Gasteiger partial charge on any atom is 0.129 e. The third kappa shape index (κ3) is 2.38. The molecule has 1 aliphatic heterocycles. The zero-order valence-corrected chi connectivity index (χ0v) is 6.47. The average molecular weight is 164 g/mol. The number of nitrogens with zero attached hydrogens (tertiary/aromatic N) is 1. The molecule has 1 saturated heterocycles. The third-order valence-corrected chi connectivity index (χ3v) is 1.97. The van der Waals surface area contributed by atoms with Crippen LogP contribution >= 0.6 is 0 Å². The van der Waals surface area contributed by atoms with Crippen molar-refractivity contribution in [3.05, 3.63) is 0 Å². The normalized spacial score (nSPS) is 33.0. The van der Waals surface area contributed by atoms with Gasteiger partial charge in [0.1, 0.15) is 6.17 Å². The van der Waals surface area contributed by atoms with Crippen molar-refractivity contribution in [2.45, 2.75) is 18.6 Å². The van der Waals surface area contributed by atoms with E-state index in [0.29, 0.717) is 26.1 Å². The molecule has 2 nitrogen and oxygen atoms in total. The summed E-state index contributed by atoms with van der Waals surface area (Å²) in [6.07, 6.45) is -0.436. The molecule has 0 aromatic carbocycles. The Morgan fingerprint density at radius 1 is 1.45 bits per heavy atom. The number of hydrogen-bond donors (Lipinski definition) is 1. The average Bonchev–Trinajstić information content (AvgIpc) is 2.28. The van der Waals surface area contributed by atoms with Gasteiger partial charge in [-0.2, -0.15) is 0 Å². The van der Waals surface area contributed by atoms with E-state index < -0.39 is 6.17 Å². The fourth-order valence-corrected chi connectivity index (χ4v) is 1.34. The Balaban J connectivity index is 2.18. The molecule has 4 heteroatoms. The van der Waals surface area contributed by atoms with Gasteiger partial charge in [0.05, 0.1) is 6.67 Å². The highest BCUT2D eigenvalue weighted by molar-refractivity contribution is 4.86. The lowest BCUT2D eigenvalue weighted by Crippen LogP contribution is -2.30. The van der Waals surface area contributed by atoms with Crippen molar-refractivity contribution >= 4 is 0 Å². The molecular weight excluding hydrogens is 150 g/mol. The van der Waals surface area contributed by atoms with Crippen LogP contribution < -0.4 is 5.73 Å². The van der Waals surface area contributed by atoms with Crippen LogP contribution in [0.4, 0.5) is 8.78 Å². The Hall–Kier alpha value is -0.220. The van der Waals surface area contributed by atoms with Crippen molar-refractivity contribution in [1.29, 1.82) is 0 Å². The van der Waals surface area contributed by atoms with Gasteiger partial charge >= 0.3 is 0 Å². The van der Waals surface area contributed by atoms with Crippen LogP contribution in [-0.4, -0.2) is 43.4 Å². The number of hydrogen-bond acceptors (Lipinski definition) is 2. The summed E-state index contributed by atoms with van der Waals surface area (Å²) in [6, 6.07) is -0.366. The standard InChI is InChI=1S/C7H14F2N2/c8-2-1-3-11-4-6(9)7(10)5-11/h6-7H,1-5,10H2/t6-,7-/m1/s1. The van der Waals surface area contributed by atoms with Crippen molar-refractivity contribution in [1.82, 2.24) is 4.90 Å². The second-order valence-corrected chi connectivity index (χ2v) is 2.98. The van der Waals surface area contributed by atoms with Gasteiger partial charge in [-0.1, -0.05) is 0 Å². The highest BCUT2D eigenvalue weighted by Crippen LogP contribution is 2.11. The van der Waals surface area contributed by atoms with Crippen molar-refractivity contribution in [2.24, 2.45) is 5.73 Å². The number of alkyl halides is 2. The van der Waals surface area contributed by atoms with E-state index in [9.17, 15) is 8.78 Å². The van der Waals surface area contributed by atoms with Crippen LogP contribution in [-0.2, 0) is 0 Å². The Morgan fingerprint density at radius 2 is 2.18 bits per heavy atom. The van der Waals surface area contributed by atoms with E-state index >= 15 is 0 Å². The van der Waals surface area contributed by atoms with Gasteiger partial charge in [0.25, 0.3) is 0 Å². The van der Waals surface area contributed by atoms with Crippen LogP contribution in [0.5, 0.6) is 0 Å². The quantitative estimate of drug-likeness (QED) is 0.651. The summed E-state index contributed by atoms with van der Waals surface area (Å²) in [5, 5.41) is 0. The Bertz CT molecular complexity index is 111. The first-order valence-electron chi connectivity index (χ1n) is 3.92. The van der Waals surface area contributed by atoms with E-state index in [1.165, 1.54) is 0 Å². The molecule has 0 bridgehead atoms. The lowest BCUT2D eigenvalue weighted by atomic mass is 10.3. The van der Waals surface area contributed by atoms with Crippen molar-refractivity contribution < 1.29 is 8.78 Å². The number of nitrogens with two attached hydrogens (primary N) is 1. The minimum absolute atomic E-state index is 0.331. The second kappa shape index (κ2) is 3.97. The maximum atomic E-state index is 12.7. The van der Waals surface area contributed by atoms with Crippen molar-refractivity contribution in [2.75, 3.05) is 26.3 Å². The molecule has 0 radical (unpaired) electrons. The Kier molecular flexibility index (Phi) is 3.20. The van der Waals surface area contributed by atoms with E-state index in [2.05, 4.69) is 0 Å². The van der Waals surface area contributed by atoms with Crippen molar-refractivity contribution in [3.8, 4) is 0 Å². The smallest absolute Gasteiger partial charge is 0.129 e. The minimum atomic E-state index is -0.922. The van der Waals surface area contributed by atoms with Gasteiger partial charge < -0.3 is 5.73 Å². The molecule has 0 unspecified atom stereocenters. The van der Waals surface area contributed by atoms with Gasteiger partial charge in [-0.3, -0.25) is 9.29 Å². The molecule has 0 aromatic heterocycles. The van der Waals surface area contributed by atoms with Gasteiger partial charge in [0.15, 0.2) is 0 Å². The minimum Gasteiger partial charge on any atom is -0.324 e. The van der Waals surface area contributed by atoms with E-state index in [-0.39, 0.29) is 12.7 Å². The molecule has 1 aliphatic rings. The highest BCUT2D eigenvalue weighted by Gasteiger charge is 2.28. The third-order valence-electron chi connectivity index (χ3n) is 1.97. The summed E-state index contributed by atoms with van der Waals surface area (Å²) in [6.45, 7) is 1.25. The van der Waals surface area contributed by atoms with E-state index in [1.54, 1.807) is 0 Å². The molecule has 1 rings (SSSR count). The molecule has 0 aromatic rings. The van der Waals surface area contributed by atoms with Crippen LogP contribution in [0, 0.1) is 0 Å². The predicted octanol–water partition coefficient (Wildman–Crippen LogP) is 0.327. The lowest BCUT2D eigenvalue weighted by Gasteiger charge is -2.12. The zero-order chi connectivity index (χ0) is 8.27. The molecule has 0 aliphatic carbocycles. The van der Waals surface area contributed by atoms with Crippen LogP contribution in [0.1, 0.15) is 6.42 Å². The van der Waals surface area contributed by atoms with Crippen LogP contribution in [0.15, 0.2) is 0 Å². The second-order valence-electron chi connectivity index (χ2n) is 2.98. The van der Waals surface area contributed by atoms with E-state index in [0.717, 1.165) is 0 Å². The summed E-state index contributed by atoms with van der Waals surface area (Å²) >= 11 is 0. The van der Waals surface area contributed by atoms with E-state index in [1.807, 2.05) is 4.90 Å². The van der Waals surface area contributed by atoms with Gasteiger partial charge in [0, 0.05) is 25.7 Å². The monoisotopic (exact) mass is 164 g/mol. The number of rotatable bonds is 3. The molecule has 2 N–H and O–H groups in total. The van der Waals surface area contributed by atoms with Crippen LogP contribution in [0.25, 0.3) is 0 Å². The Labute approximate surface area is 65.4 Å². The van der Waals surface area contributed by atoms with Crippen molar-refractivity contribution in [3.63, 3.8) is 0 Å². The van der Waals surface area contributed by atoms with Crippen LogP contribution in [0.3, 0.4) is 0 Å². The summed E-state index contributed by atoms with van der Waals surface area (Å²) in [5.41, 5.74) is 5.43. The molecule has 66 valence electrons. The first-order valence-corrected chi connectivity index (χ1v) is 3.92. The number of halogens is 2. The first kappa shape index (κ1) is 8.87. The summed E-state index contributed by atoms with van der Waals surface area (Å²) in [5.74, 6) is 0. The SMILES string of the molecule is N[C@@H]1CN(CCCF)C[C@H]1F. The topological polar surface area (TPSA) is 29.3 Å². The molecule has 2 atom stereocenters. The molecule has 1 heterocycles. The van der Waals surface area contributed by atoms with Gasteiger partial charge in [-0.25, -0.2) is 4.39 Å². The predicted molar refractivity (Wildman–Crippen MR) is 39.9 cm³/mol. The summed E-state index contributed by atoms with van der Waals surface area (Å²) < 4.78 is 24.4. The molecule has 0 spiro atoms. The summed E-state index contributed by atoms with van der Waals surface area (Å²) in [4.78, 5) is 1.87. The summed E-state index contributed by atoms with van der Waals surface area (Å²) in [7, 11) is 0. The van der Waals surface area contributed by atoms with E-state index in [4.69, 9.17) is 5.73 Å². The highest BCUT2D eigenvalue weighted by atomic mass is 19.1. The van der Waals surface area contributed by atoms with Crippen LogP contribution in [0.2, 0.25) is 0 Å². The molecular formula is C7H14F2N2. The first-order chi connectivity index (χ1) is 5.24. The van der Waals surface area contributed by atoms with Gasteiger partial charge in [-0.15, -0.1) is 0 Å². The molecule has 1 fully saturated rings. The fourth-order valence-electron chi connectivity index (χ4n) is 1.34.